The predicted molar refractivity (Wildman–Crippen MR) is 78.8 cm³/mol. The second-order valence-corrected chi connectivity index (χ2v) is 4.33. The van der Waals surface area contributed by atoms with Crippen LogP contribution >= 0.6 is 0 Å². The summed E-state index contributed by atoms with van der Waals surface area (Å²) in [5, 5.41) is 24.9. The normalized spacial score (nSPS) is 12.4. The van der Waals surface area contributed by atoms with Gasteiger partial charge >= 0.3 is 0 Å². The minimum Gasteiger partial charge on any atom is -0.411 e. The first-order chi connectivity index (χ1) is 9.85. The van der Waals surface area contributed by atoms with Crippen LogP contribution in [0.1, 0.15) is 24.0 Å². The summed E-state index contributed by atoms with van der Waals surface area (Å²) in [6.07, 6.45) is 0.990. The molecule has 20 heavy (non-hydrogen) atoms. The van der Waals surface area contributed by atoms with Gasteiger partial charge in [-0.15, -0.1) is 0 Å². The molecule has 0 unspecified atom stereocenters. The second-order valence-electron chi connectivity index (χ2n) is 4.33. The van der Waals surface area contributed by atoms with E-state index in [0.29, 0.717) is 24.3 Å². The Bertz CT molecular complexity index is 537. The lowest BCUT2D eigenvalue weighted by Gasteiger charge is -2.06. The molecule has 2 N–H and O–H groups in total. The molecule has 0 fully saturated rings. The number of hydrogen-bond donors (Lipinski definition) is 2. The summed E-state index contributed by atoms with van der Waals surface area (Å²) in [7, 11) is 0. The van der Waals surface area contributed by atoms with Gasteiger partial charge in [0, 0.05) is 0 Å². The summed E-state index contributed by atoms with van der Waals surface area (Å²) < 4.78 is 0. The highest BCUT2D eigenvalue weighted by molar-refractivity contribution is 6.06. The van der Waals surface area contributed by atoms with Crippen molar-refractivity contribution >= 4 is 11.4 Å². The molecule has 0 saturated carbocycles. The average Bonchev–Trinajstić information content (AvgIpc) is 2.53. The molecule has 0 bridgehead atoms. The topological polar surface area (TPSA) is 65.2 Å². The Hall–Kier alpha value is -2.62. The summed E-state index contributed by atoms with van der Waals surface area (Å²) in [5.74, 6) is 0. The molecule has 4 nitrogen and oxygen atoms in total. The van der Waals surface area contributed by atoms with Crippen LogP contribution in [0.15, 0.2) is 71.0 Å². The minimum atomic E-state index is 0.495. The summed E-state index contributed by atoms with van der Waals surface area (Å²) in [5.41, 5.74) is 2.87. The van der Waals surface area contributed by atoms with Gasteiger partial charge in [0.05, 0.1) is 11.4 Å². The van der Waals surface area contributed by atoms with E-state index in [-0.39, 0.29) is 0 Å². The molecule has 102 valence electrons. The van der Waals surface area contributed by atoms with Gasteiger partial charge < -0.3 is 10.4 Å². The van der Waals surface area contributed by atoms with E-state index in [2.05, 4.69) is 10.3 Å². The zero-order valence-corrected chi connectivity index (χ0v) is 11.0. The predicted octanol–water partition coefficient (Wildman–Crippen LogP) is 3.52. The van der Waals surface area contributed by atoms with E-state index in [9.17, 15) is 0 Å². The molecule has 2 aromatic rings. The summed E-state index contributed by atoms with van der Waals surface area (Å²) in [6, 6.07) is 18.9. The first-order valence-corrected chi connectivity index (χ1v) is 6.38. The van der Waals surface area contributed by atoms with Crippen molar-refractivity contribution in [2.24, 2.45) is 10.3 Å². The van der Waals surface area contributed by atoms with Crippen LogP contribution in [-0.4, -0.2) is 21.8 Å². The van der Waals surface area contributed by atoms with Crippen LogP contribution < -0.4 is 0 Å². The molecule has 0 aliphatic rings. The van der Waals surface area contributed by atoms with Crippen molar-refractivity contribution in [3.63, 3.8) is 0 Å². The average molecular weight is 268 g/mol. The van der Waals surface area contributed by atoms with E-state index in [1.165, 1.54) is 0 Å². The van der Waals surface area contributed by atoms with Gasteiger partial charge in [0.1, 0.15) is 0 Å². The molecule has 4 heteroatoms. The first kappa shape index (κ1) is 13.8. The van der Waals surface area contributed by atoms with Gasteiger partial charge in [0.15, 0.2) is 0 Å². The van der Waals surface area contributed by atoms with E-state index in [1.807, 2.05) is 60.7 Å². The molecule has 0 aliphatic carbocycles. The molecule has 0 amide bonds. The maximum absolute atomic E-state index is 9.12. The van der Waals surface area contributed by atoms with Gasteiger partial charge in [-0.3, -0.25) is 0 Å². The van der Waals surface area contributed by atoms with E-state index >= 15 is 0 Å². The fraction of sp³-hybridized carbons (Fsp3) is 0.125. The first-order valence-electron chi connectivity index (χ1n) is 6.38. The Morgan fingerprint density at radius 3 is 1.30 bits per heavy atom. The quantitative estimate of drug-likeness (QED) is 0.495. The van der Waals surface area contributed by atoms with Gasteiger partial charge in [-0.25, -0.2) is 0 Å². The van der Waals surface area contributed by atoms with Crippen molar-refractivity contribution in [1.82, 2.24) is 0 Å². The lowest BCUT2D eigenvalue weighted by molar-refractivity contribution is 0.316. The Morgan fingerprint density at radius 1 is 0.650 bits per heavy atom. The van der Waals surface area contributed by atoms with Crippen molar-refractivity contribution in [3.8, 4) is 0 Å². The highest BCUT2D eigenvalue weighted by Gasteiger charge is 2.09. The molecule has 2 rings (SSSR count). The smallest absolute Gasteiger partial charge is 0.0871 e. The highest BCUT2D eigenvalue weighted by atomic mass is 16.4. The van der Waals surface area contributed by atoms with Crippen LogP contribution in [0.25, 0.3) is 0 Å². The molecule has 0 spiro atoms. The van der Waals surface area contributed by atoms with Gasteiger partial charge in [-0.1, -0.05) is 71.0 Å². The van der Waals surface area contributed by atoms with Crippen molar-refractivity contribution in [2.45, 2.75) is 12.8 Å². The van der Waals surface area contributed by atoms with Crippen molar-refractivity contribution < 1.29 is 10.4 Å². The summed E-state index contributed by atoms with van der Waals surface area (Å²) in [6.45, 7) is 0. The third-order valence-corrected chi connectivity index (χ3v) is 3.05. The van der Waals surface area contributed by atoms with Gasteiger partial charge in [0.2, 0.25) is 0 Å². The molecule has 0 aromatic heterocycles. The Balaban J connectivity index is 2.07. The van der Waals surface area contributed by atoms with Gasteiger partial charge in [-0.2, -0.15) is 0 Å². The number of oxime groups is 2. The van der Waals surface area contributed by atoms with Gasteiger partial charge in [-0.05, 0) is 24.0 Å². The van der Waals surface area contributed by atoms with Gasteiger partial charge in [0.25, 0.3) is 0 Å². The van der Waals surface area contributed by atoms with Crippen molar-refractivity contribution in [2.75, 3.05) is 0 Å². The lowest BCUT2D eigenvalue weighted by Crippen LogP contribution is -2.07. The van der Waals surface area contributed by atoms with Crippen LogP contribution in [0, 0.1) is 0 Å². The third-order valence-electron chi connectivity index (χ3n) is 3.05. The Morgan fingerprint density at radius 2 is 1.00 bits per heavy atom. The molecule has 0 saturated heterocycles. The van der Waals surface area contributed by atoms with Crippen molar-refractivity contribution in [1.29, 1.82) is 0 Å². The van der Waals surface area contributed by atoms with E-state index in [0.717, 1.165) is 11.1 Å². The number of nitrogens with zero attached hydrogens (tertiary/aromatic N) is 2. The van der Waals surface area contributed by atoms with Crippen molar-refractivity contribution in [3.05, 3.63) is 71.8 Å². The summed E-state index contributed by atoms with van der Waals surface area (Å²) >= 11 is 0. The second kappa shape index (κ2) is 7.09. The maximum Gasteiger partial charge on any atom is 0.0871 e. The largest absolute Gasteiger partial charge is 0.411 e. The highest BCUT2D eigenvalue weighted by Crippen LogP contribution is 2.11. The molecule has 0 aliphatic heterocycles. The molecule has 0 heterocycles. The van der Waals surface area contributed by atoms with Crippen LogP contribution in [0.5, 0.6) is 0 Å². The number of hydrogen-bond acceptors (Lipinski definition) is 4. The van der Waals surface area contributed by atoms with E-state index < -0.39 is 0 Å². The fourth-order valence-corrected chi connectivity index (χ4v) is 2.00. The molecular weight excluding hydrogens is 252 g/mol. The fourth-order valence-electron chi connectivity index (χ4n) is 2.00. The number of benzene rings is 2. The Labute approximate surface area is 117 Å². The molecule has 2 aromatic carbocycles. The monoisotopic (exact) mass is 268 g/mol. The standard InChI is InChI=1S/C16H16N2O2/c19-17-15(13-7-3-1-4-8-13)11-12-16(18-20)14-9-5-2-6-10-14/h1-10,19-20H,11-12H2/b17-15-,18-16+. The van der Waals surface area contributed by atoms with E-state index in [1.54, 1.807) is 0 Å². The summed E-state index contributed by atoms with van der Waals surface area (Å²) in [4.78, 5) is 0. The van der Waals surface area contributed by atoms with Crippen LogP contribution in [0.2, 0.25) is 0 Å². The third kappa shape index (κ3) is 3.45. The molecule has 0 atom stereocenters. The molecule has 0 radical (unpaired) electrons. The number of rotatable bonds is 5. The SMILES string of the molecule is O/N=C(/CC/C(=N\O)c1ccccc1)c1ccccc1. The Kier molecular flexibility index (Phi) is 4.89. The lowest BCUT2D eigenvalue weighted by atomic mass is 10.0. The van der Waals surface area contributed by atoms with Crippen LogP contribution in [0.4, 0.5) is 0 Å². The zero-order chi connectivity index (χ0) is 14.2. The van der Waals surface area contributed by atoms with E-state index in [4.69, 9.17) is 10.4 Å². The van der Waals surface area contributed by atoms with Crippen LogP contribution in [-0.2, 0) is 0 Å². The molecular formula is C16H16N2O2. The maximum atomic E-state index is 9.12. The minimum absolute atomic E-state index is 0.495. The van der Waals surface area contributed by atoms with Crippen LogP contribution in [0.3, 0.4) is 0 Å². The zero-order valence-electron chi connectivity index (χ0n) is 11.0.